The lowest BCUT2D eigenvalue weighted by Crippen LogP contribution is -2.20. The number of nitrogens with zero attached hydrogens (tertiary/aromatic N) is 2. The fourth-order valence-electron chi connectivity index (χ4n) is 2.78. The molecule has 0 bridgehead atoms. The third-order valence-electron chi connectivity index (χ3n) is 3.92. The highest BCUT2D eigenvalue weighted by atomic mass is 16.5. The summed E-state index contributed by atoms with van der Waals surface area (Å²) in [4.78, 5) is 23.7. The molecule has 0 radical (unpaired) electrons. The third kappa shape index (κ3) is 3.74. The van der Waals surface area contributed by atoms with Crippen molar-refractivity contribution in [1.29, 1.82) is 0 Å². The summed E-state index contributed by atoms with van der Waals surface area (Å²) in [6.07, 6.45) is 1.21. The highest BCUT2D eigenvalue weighted by Crippen LogP contribution is 2.34. The minimum Gasteiger partial charge on any atom is -0.503 e. The van der Waals surface area contributed by atoms with Crippen molar-refractivity contribution in [3.05, 3.63) is 70.6 Å². The molecule has 1 heterocycles. The second kappa shape index (κ2) is 7.45. The van der Waals surface area contributed by atoms with Crippen molar-refractivity contribution in [3.63, 3.8) is 0 Å². The van der Waals surface area contributed by atoms with E-state index in [9.17, 15) is 14.7 Å². The average Bonchev–Trinajstić information content (AvgIpc) is 2.63. The van der Waals surface area contributed by atoms with Crippen molar-refractivity contribution < 1.29 is 14.6 Å². The molecule has 138 valence electrons. The van der Waals surface area contributed by atoms with E-state index in [0.29, 0.717) is 11.4 Å². The molecule has 3 rings (SSSR count). The third-order valence-corrected chi connectivity index (χ3v) is 3.92. The predicted octanol–water partition coefficient (Wildman–Crippen LogP) is 3.59. The fraction of sp³-hybridized carbons (Fsp3) is 0.190. The Morgan fingerprint density at radius 1 is 1.07 bits per heavy atom. The Kier molecular flexibility index (Phi) is 5.07. The Hall–Kier alpha value is -3.41. The van der Waals surface area contributed by atoms with Crippen LogP contribution in [-0.2, 0) is 0 Å². The van der Waals surface area contributed by atoms with Gasteiger partial charge >= 0.3 is 0 Å². The van der Waals surface area contributed by atoms with Crippen LogP contribution in [0, 0.1) is 0 Å². The number of para-hydroxylation sites is 2. The molecule has 6 heteroatoms. The van der Waals surface area contributed by atoms with Gasteiger partial charge in [0.2, 0.25) is 0 Å². The maximum Gasteiger partial charge on any atom is 0.252 e. The molecule has 0 amide bonds. The van der Waals surface area contributed by atoms with Crippen molar-refractivity contribution in [1.82, 2.24) is 9.78 Å². The molecule has 0 aliphatic rings. The summed E-state index contributed by atoms with van der Waals surface area (Å²) in [6, 6.07) is 15.0. The minimum atomic E-state index is -0.778. The zero-order valence-corrected chi connectivity index (χ0v) is 15.3. The number of benzene rings is 2. The van der Waals surface area contributed by atoms with E-state index in [4.69, 9.17) is 4.74 Å². The number of aromatic hydroxyl groups is 1. The van der Waals surface area contributed by atoms with Crippen LogP contribution < -0.4 is 10.2 Å². The Morgan fingerprint density at radius 2 is 1.70 bits per heavy atom. The zero-order chi connectivity index (χ0) is 19.6. The highest BCUT2D eigenvalue weighted by molar-refractivity contribution is 5.92. The molecule has 0 saturated carbocycles. The van der Waals surface area contributed by atoms with Crippen molar-refractivity contribution in [2.45, 2.75) is 26.9 Å². The molecule has 0 aliphatic carbocycles. The van der Waals surface area contributed by atoms with Crippen LogP contribution in [-0.4, -0.2) is 26.8 Å². The summed E-state index contributed by atoms with van der Waals surface area (Å²) in [5.74, 6) is -0.334. The first kappa shape index (κ1) is 18.4. The topological polar surface area (TPSA) is 81.4 Å². The number of carbonyl (C=O) groups excluding carboxylic acids is 1. The van der Waals surface area contributed by atoms with Crippen LogP contribution >= 0.6 is 0 Å². The number of hydrogen-bond acceptors (Lipinski definition) is 5. The smallest absolute Gasteiger partial charge is 0.252 e. The highest BCUT2D eigenvalue weighted by Gasteiger charge is 2.17. The predicted molar refractivity (Wildman–Crippen MR) is 103 cm³/mol. The van der Waals surface area contributed by atoms with Gasteiger partial charge in [0, 0.05) is 18.1 Å². The lowest BCUT2D eigenvalue weighted by Gasteiger charge is -2.17. The summed E-state index contributed by atoms with van der Waals surface area (Å²) in [7, 11) is 0. The van der Waals surface area contributed by atoms with Gasteiger partial charge in [0.05, 0.1) is 18.0 Å². The fourth-order valence-corrected chi connectivity index (χ4v) is 2.78. The quantitative estimate of drug-likeness (QED) is 0.700. The van der Waals surface area contributed by atoms with Gasteiger partial charge in [-0.25, -0.2) is 4.68 Å². The molecular formula is C21H20N2O4. The van der Waals surface area contributed by atoms with E-state index >= 15 is 0 Å². The van der Waals surface area contributed by atoms with Gasteiger partial charge in [-0.05, 0) is 26.0 Å². The van der Waals surface area contributed by atoms with Crippen LogP contribution in [0.15, 0.2) is 59.5 Å². The molecule has 0 spiro atoms. The van der Waals surface area contributed by atoms with Gasteiger partial charge < -0.3 is 9.84 Å². The Labute approximate surface area is 156 Å². The second-order valence-corrected chi connectivity index (χ2v) is 6.37. The Balaban J connectivity index is 2.23. The number of Topliss-reactive ketones (excluding diaryl/α,β-unsaturated/α-hetero) is 1. The molecule has 3 aromatic rings. The normalized spacial score (nSPS) is 10.8. The standard InChI is InChI=1S/C21H20N2O4/c1-13(2)27-19-11-7-5-9-16(19)15-8-4-6-10-17(15)23-12-18(25)21(26)20(22-23)14(3)24/h4-13,25H,1-3H3. The van der Waals surface area contributed by atoms with E-state index in [1.807, 2.05) is 56.3 Å². The van der Waals surface area contributed by atoms with Gasteiger partial charge in [-0.3, -0.25) is 9.59 Å². The number of hydrogen-bond donors (Lipinski definition) is 1. The Bertz CT molecular complexity index is 1050. The van der Waals surface area contributed by atoms with Gasteiger partial charge in [-0.1, -0.05) is 36.4 Å². The van der Waals surface area contributed by atoms with Crippen LogP contribution in [0.4, 0.5) is 0 Å². The van der Waals surface area contributed by atoms with E-state index in [1.165, 1.54) is 17.8 Å². The first-order valence-electron chi connectivity index (χ1n) is 8.58. The summed E-state index contributed by atoms with van der Waals surface area (Å²) in [5.41, 5.74) is 1.15. The molecular weight excluding hydrogens is 344 g/mol. The molecule has 27 heavy (non-hydrogen) atoms. The van der Waals surface area contributed by atoms with Crippen molar-refractivity contribution in [2.75, 3.05) is 0 Å². The maximum atomic E-state index is 12.0. The van der Waals surface area contributed by atoms with E-state index in [0.717, 1.165) is 11.1 Å². The van der Waals surface area contributed by atoms with Crippen LogP contribution in [0.5, 0.6) is 11.5 Å². The first-order valence-corrected chi connectivity index (χ1v) is 8.58. The number of carbonyl (C=O) groups is 1. The zero-order valence-electron chi connectivity index (χ0n) is 15.3. The van der Waals surface area contributed by atoms with Crippen LogP contribution in [0.25, 0.3) is 16.8 Å². The lowest BCUT2D eigenvalue weighted by molar-refractivity contribution is 0.100. The van der Waals surface area contributed by atoms with Gasteiger partial charge in [0.25, 0.3) is 5.43 Å². The van der Waals surface area contributed by atoms with E-state index in [1.54, 1.807) is 6.07 Å². The molecule has 0 unspecified atom stereocenters. The van der Waals surface area contributed by atoms with Crippen molar-refractivity contribution >= 4 is 5.78 Å². The number of rotatable bonds is 5. The molecule has 0 atom stereocenters. The van der Waals surface area contributed by atoms with Crippen LogP contribution in [0.3, 0.4) is 0 Å². The van der Waals surface area contributed by atoms with Gasteiger partial charge in [0.1, 0.15) is 5.75 Å². The summed E-state index contributed by atoms with van der Waals surface area (Å²) >= 11 is 0. The van der Waals surface area contributed by atoms with Crippen LogP contribution in [0.2, 0.25) is 0 Å². The van der Waals surface area contributed by atoms with E-state index < -0.39 is 17.0 Å². The molecule has 1 aromatic heterocycles. The van der Waals surface area contributed by atoms with Crippen molar-refractivity contribution in [2.24, 2.45) is 0 Å². The summed E-state index contributed by atoms with van der Waals surface area (Å²) < 4.78 is 7.25. The molecule has 6 nitrogen and oxygen atoms in total. The van der Waals surface area contributed by atoms with Crippen molar-refractivity contribution in [3.8, 4) is 28.3 Å². The number of aromatic nitrogens is 2. The molecule has 0 fully saturated rings. The maximum absolute atomic E-state index is 12.0. The second-order valence-electron chi connectivity index (χ2n) is 6.37. The SMILES string of the molecule is CC(=O)c1nn(-c2ccccc2-c2ccccc2OC(C)C)cc(O)c1=O. The summed E-state index contributed by atoms with van der Waals surface area (Å²) in [5, 5.41) is 14.1. The summed E-state index contributed by atoms with van der Waals surface area (Å²) in [6.45, 7) is 5.14. The monoisotopic (exact) mass is 364 g/mol. The van der Waals surface area contributed by atoms with E-state index in [2.05, 4.69) is 5.10 Å². The van der Waals surface area contributed by atoms with Gasteiger partial charge in [-0.15, -0.1) is 0 Å². The molecule has 1 N–H and O–H groups in total. The van der Waals surface area contributed by atoms with Crippen LogP contribution in [0.1, 0.15) is 31.3 Å². The van der Waals surface area contributed by atoms with Gasteiger partial charge in [-0.2, -0.15) is 5.10 Å². The molecule has 0 aliphatic heterocycles. The van der Waals surface area contributed by atoms with E-state index in [-0.39, 0.29) is 11.8 Å². The number of ketones is 1. The minimum absolute atomic E-state index is 0.00260. The average molecular weight is 364 g/mol. The Morgan fingerprint density at radius 3 is 2.37 bits per heavy atom. The first-order chi connectivity index (χ1) is 12.9. The molecule has 0 saturated heterocycles. The van der Waals surface area contributed by atoms with Gasteiger partial charge in [0.15, 0.2) is 17.2 Å². The lowest BCUT2D eigenvalue weighted by atomic mass is 10.0. The largest absolute Gasteiger partial charge is 0.503 e. The molecule has 2 aromatic carbocycles. The number of ether oxygens (including phenoxy) is 1.